The molecule has 0 amide bonds. The molecule has 134 valence electrons. The molecule has 0 aliphatic heterocycles. The SMILES string of the molecule is CN=C(NCCc1ccc(OC)cc1)NCc1ccc(OC)c(Br)c1. The molecule has 0 spiro atoms. The molecule has 25 heavy (non-hydrogen) atoms. The molecule has 2 aromatic rings. The second-order valence-corrected chi connectivity index (χ2v) is 6.27. The summed E-state index contributed by atoms with van der Waals surface area (Å²) in [5.41, 5.74) is 2.40. The van der Waals surface area contributed by atoms with E-state index in [0.717, 1.165) is 40.5 Å². The lowest BCUT2D eigenvalue weighted by molar-refractivity contribution is 0.412. The molecule has 0 radical (unpaired) electrons. The predicted molar refractivity (Wildman–Crippen MR) is 106 cm³/mol. The van der Waals surface area contributed by atoms with Gasteiger partial charge in [-0.1, -0.05) is 18.2 Å². The number of hydrogen-bond acceptors (Lipinski definition) is 3. The summed E-state index contributed by atoms with van der Waals surface area (Å²) >= 11 is 3.50. The van der Waals surface area contributed by atoms with Crippen molar-refractivity contribution in [1.29, 1.82) is 0 Å². The molecule has 0 atom stereocenters. The van der Waals surface area contributed by atoms with Gasteiger partial charge in [0.25, 0.3) is 0 Å². The Kier molecular flexibility index (Phi) is 7.60. The van der Waals surface area contributed by atoms with E-state index in [1.54, 1.807) is 21.3 Å². The summed E-state index contributed by atoms with van der Waals surface area (Å²) in [6.45, 7) is 1.49. The predicted octanol–water partition coefficient (Wildman–Crippen LogP) is 3.37. The fourth-order valence-electron chi connectivity index (χ4n) is 2.34. The quantitative estimate of drug-likeness (QED) is 0.547. The van der Waals surface area contributed by atoms with Crippen molar-refractivity contribution in [3.05, 3.63) is 58.1 Å². The first kappa shape index (κ1) is 19.1. The van der Waals surface area contributed by atoms with Gasteiger partial charge in [0.15, 0.2) is 5.96 Å². The molecule has 0 heterocycles. The largest absolute Gasteiger partial charge is 0.497 e. The number of halogens is 1. The van der Waals surface area contributed by atoms with Crippen molar-refractivity contribution >= 4 is 21.9 Å². The van der Waals surface area contributed by atoms with Crippen molar-refractivity contribution in [1.82, 2.24) is 10.6 Å². The van der Waals surface area contributed by atoms with Crippen molar-refractivity contribution in [3.63, 3.8) is 0 Å². The van der Waals surface area contributed by atoms with Crippen LogP contribution in [0.2, 0.25) is 0 Å². The van der Waals surface area contributed by atoms with Crippen molar-refractivity contribution in [2.45, 2.75) is 13.0 Å². The zero-order valence-corrected chi connectivity index (χ0v) is 16.4. The molecular weight excluding hydrogens is 382 g/mol. The minimum absolute atomic E-state index is 0.685. The first-order valence-corrected chi connectivity index (χ1v) is 8.85. The van der Waals surface area contributed by atoms with E-state index in [4.69, 9.17) is 9.47 Å². The van der Waals surface area contributed by atoms with E-state index in [1.165, 1.54) is 5.56 Å². The monoisotopic (exact) mass is 405 g/mol. The van der Waals surface area contributed by atoms with Gasteiger partial charge in [-0.2, -0.15) is 0 Å². The summed E-state index contributed by atoms with van der Waals surface area (Å²) < 4.78 is 11.4. The molecule has 2 N–H and O–H groups in total. The lowest BCUT2D eigenvalue weighted by atomic mass is 10.1. The molecule has 0 unspecified atom stereocenters. The molecule has 0 aromatic heterocycles. The Morgan fingerprint density at radius 1 is 1.00 bits per heavy atom. The van der Waals surface area contributed by atoms with E-state index in [-0.39, 0.29) is 0 Å². The number of hydrogen-bond donors (Lipinski definition) is 2. The van der Waals surface area contributed by atoms with Crippen molar-refractivity contribution in [3.8, 4) is 11.5 Å². The average Bonchev–Trinajstić information content (AvgIpc) is 2.65. The maximum absolute atomic E-state index is 5.25. The maximum atomic E-state index is 5.25. The highest BCUT2D eigenvalue weighted by molar-refractivity contribution is 9.10. The molecule has 0 saturated carbocycles. The summed E-state index contributed by atoms with van der Waals surface area (Å²) in [6, 6.07) is 14.1. The number of nitrogens with zero attached hydrogens (tertiary/aromatic N) is 1. The topological polar surface area (TPSA) is 54.9 Å². The first-order chi connectivity index (χ1) is 12.2. The van der Waals surface area contributed by atoms with Gasteiger partial charge in [-0.05, 0) is 57.7 Å². The highest BCUT2D eigenvalue weighted by Gasteiger charge is 2.03. The summed E-state index contributed by atoms with van der Waals surface area (Å²) in [7, 11) is 5.10. The van der Waals surface area contributed by atoms with E-state index >= 15 is 0 Å². The van der Waals surface area contributed by atoms with Crippen LogP contribution < -0.4 is 20.1 Å². The van der Waals surface area contributed by atoms with Crippen LogP contribution >= 0.6 is 15.9 Å². The van der Waals surface area contributed by atoms with Crippen LogP contribution in [-0.2, 0) is 13.0 Å². The lowest BCUT2D eigenvalue weighted by Crippen LogP contribution is -2.37. The van der Waals surface area contributed by atoms with Crippen molar-refractivity contribution in [2.24, 2.45) is 4.99 Å². The van der Waals surface area contributed by atoms with E-state index in [2.05, 4.69) is 43.7 Å². The van der Waals surface area contributed by atoms with Gasteiger partial charge in [-0.3, -0.25) is 4.99 Å². The second-order valence-electron chi connectivity index (χ2n) is 5.42. The van der Waals surface area contributed by atoms with Crippen LogP contribution in [0.4, 0.5) is 0 Å². The van der Waals surface area contributed by atoms with Crippen LogP contribution in [0.1, 0.15) is 11.1 Å². The molecular formula is C19H24BrN3O2. The standard InChI is InChI=1S/C19H24BrN3O2/c1-21-19(22-11-10-14-4-7-16(24-2)8-5-14)23-13-15-6-9-18(25-3)17(20)12-15/h4-9,12H,10-11,13H2,1-3H3,(H2,21,22,23). The zero-order valence-electron chi connectivity index (χ0n) is 14.8. The molecule has 5 nitrogen and oxygen atoms in total. The Morgan fingerprint density at radius 3 is 2.32 bits per heavy atom. The Balaban J connectivity index is 1.79. The first-order valence-electron chi connectivity index (χ1n) is 8.06. The van der Waals surface area contributed by atoms with Crippen LogP contribution in [0.15, 0.2) is 51.9 Å². The average molecular weight is 406 g/mol. The van der Waals surface area contributed by atoms with Crippen molar-refractivity contribution in [2.75, 3.05) is 27.8 Å². The van der Waals surface area contributed by atoms with Gasteiger partial charge in [0.2, 0.25) is 0 Å². The number of rotatable bonds is 7. The van der Waals surface area contributed by atoms with Crippen LogP contribution in [-0.4, -0.2) is 33.8 Å². The Labute approximate surface area is 157 Å². The molecule has 6 heteroatoms. The molecule has 2 rings (SSSR count). The Morgan fingerprint density at radius 2 is 1.72 bits per heavy atom. The fourth-order valence-corrected chi connectivity index (χ4v) is 2.93. The fraction of sp³-hybridized carbons (Fsp3) is 0.316. The van der Waals surface area contributed by atoms with E-state index < -0.39 is 0 Å². The Hall–Kier alpha value is -2.21. The van der Waals surface area contributed by atoms with Gasteiger partial charge in [-0.15, -0.1) is 0 Å². The highest BCUT2D eigenvalue weighted by atomic mass is 79.9. The summed E-state index contributed by atoms with van der Waals surface area (Å²) in [5.74, 6) is 2.48. The summed E-state index contributed by atoms with van der Waals surface area (Å²) in [5, 5.41) is 6.64. The van der Waals surface area contributed by atoms with Crippen LogP contribution in [0.5, 0.6) is 11.5 Å². The summed E-state index contributed by atoms with van der Waals surface area (Å²) in [4.78, 5) is 4.26. The molecule has 2 aromatic carbocycles. The van der Waals surface area contributed by atoms with Crippen molar-refractivity contribution < 1.29 is 9.47 Å². The van der Waals surface area contributed by atoms with Crippen LogP contribution in [0.25, 0.3) is 0 Å². The number of guanidine groups is 1. The number of ether oxygens (including phenoxy) is 2. The third kappa shape index (κ3) is 5.98. The van der Waals surface area contributed by atoms with Gasteiger partial charge in [0.05, 0.1) is 18.7 Å². The van der Waals surface area contributed by atoms with E-state index in [0.29, 0.717) is 6.54 Å². The smallest absolute Gasteiger partial charge is 0.191 e. The van der Waals surface area contributed by atoms with Gasteiger partial charge in [-0.25, -0.2) is 0 Å². The number of nitrogens with one attached hydrogen (secondary N) is 2. The number of methoxy groups -OCH3 is 2. The summed E-state index contributed by atoms with van der Waals surface area (Å²) in [6.07, 6.45) is 0.915. The third-order valence-electron chi connectivity index (χ3n) is 3.76. The van der Waals surface area contributed by atoms with Gasteiger partial charge in [0.1, 0.15) is 11.5 Å². The lowest BCUT2D eigenvalue weighted by Gasteiger charge is -2.13. The van der Waals surface area contributed by atoms with Crippen LogP contribution in [0, 0.1) is 0 Å². The maximum Gasteiger partial charge on any atom is 0.191 e. The minimum atomic E-state index is 0.685. The number of benzene rings is 2. The minimum Gasteiger partial charge on any atom is -0.497 e. The van der Waals surface area contributed by atoms with Crippen LogP contribution in [0.3, 0.4) is 0 Å². The normalized spacial score (nSPS) is 11.1. The molecule has 0 aliphatic carbocycles. The van der Waals surface area contributed by atoms with E-state index in [9.17, 15) is 0 Å². The molecule has 0 aliphatic rings. The van der Waals surface area contributed by atoms with Gasteiger partial charge < -0.3 is 20.1 Å². The second kappa shape index (κ2) is 9.93. The molecule has 0 fully saturated rings. The van der Waals surface area contributed by atoms with E-state index in [1.807, 2.05) is 30.3 Å². The molecule has 0 saturated heterocycles. The van der Waals surface area contributed by atoms with Gasteiger partial charge >= 0.3 is 0 Å². The van der Waals surface area contributed by atoms with Gasteiger partial charge in [0, 0.05) is 20.1 Å². The highest BCUT2D eigenvalue weighted by Crippen LogP contribution is 2.25. The molecule has 0 bridgehead atoms. The Bertz CT molecular complexity index is 702. The third-order valence-corrected chi connectivity index (χ3v) is 4.38. The zero-order chi connectivity index (χ0) is 18.1. The number of aliphatic imine (C=N–C) groups is 1.